The Balaban J connectivity index is 1.81. The number of carbonyl (C=O) groups excluding carboxylic acids is 2. The van der Waals surface area contributed by atoms with E-state index in [-0.39, 0.29) is 23.4 Å². The molecule has 1 N–H and O–H groups in total. The van der Waals surface area contributed by atoms with Gasteiger partial charge in [-0.3, -0.25) is 14.9 Å². The highest BCUT2D eigenvalue weighted by Gasteiger charge is 2.18. The molecular weight excluding hydrogens is 376 g/mol. The highest BCUT2D eigenvalue weighted by atomic mass is 35.5. The van der Waals surface area contributed by atoms with Crippen molar-refractivity contribution in [3.63, 3.8) is 0 Å². The maximum Gasteiger partial charge on any atom is 0.338 e. The van der Waals surface area contributed by atoms with E-state index in [1.807, 2.05) is 0 Å². The molecule has 0 unspecified atom stereocenters. The minimum atomic E-state index is -0.773. The van der Waals surface area contributed by atoms with Crippen LogP contribution in [0.25, 0.3) is 5.65 Å². The molecule has 3 aromatic rings. The number of hydrogen-bond acceptors (Lipinski definition) is 6. The minimum absolute atomic E-state index is 0.0311. The van der Waals surface area contributed by atoms with Crippen LogP contribution in [0.3, 0.4) is 0 Å². The van der Waals surface area contributed by atoms with Crippen LogP contribution in [0.2, 0.25) is 5.02 Å². The second-order valence-corrected chi connectivity index (χ2v) is 5.98. The van der Waals surface area contributed by atoms with Gasteiger partial charge in [0.05, 0.1) is 34.9 Å². The van der Waals surface area contributed by atoms with Crippen molar-refractivity contribution in [2.45, 2.75) is 6.54 Å². The van der Waals surface area contributed by atoms with Crippen LogP contribution in [-0.4, -0.2) is 33.3 Å². The fraction of sp³-hybridized carbons (Fsp3) is 0.118. The van der Waals surface area contributed by atoms with Crippen molar-refractivity contribution in [3.05, 3.63) is 74.7 Å². The molecule has 0 aliphatic heterocycles. The average Bonchev–Trinajstić information content (AvgIpc) is 3.06. The van der Waals surface area contributed by atoms with Crippen LogP contribution in [-0.2, 0) is 11.3 Å². The standard InChI is InChI=1S/C17H13ClN4O5/c1-27-17(24)11-4-10(5-14(6-11)22(25)26)16(23)19-7-13-9-21-8-12(18)2-3-15(21)20-13/h2-6,8-9H,7H2,1H3,(H,19,23). The Morgan fingerprint density at radius 2 is 2.00 bits per heavy atom. The number of methoxy groups -OCH3 is 1. The van der Waals surface area contributed by atoms with Crippen molar-refractivity contribution in [1.82, 2.24) is 14.7 Å². The first kappa shape index (κ1) is 18.3. The third kappa shape index (κ3) is 4.04. The summed E-state index contributed by atoms with van der Waals surface area (Å²) in [6.45, 7) is 0.0916. The number of nitrogens with zero attached hydrogens (tertiary/aromatic N) is 3. The fourth-order valence-electron chi connectivity index (χ4n) is 2.46. The maximum absolute atomic E-state index is 12.4. The lowest BCUT2D eigenvalue weighted by molar-refractivity contribution is -0.384. The van der Waals surface area contributed by atoms with Gasteiger partial charge >= 0.3 is 5.97 Å². The summed E-state index contributed by atoms with van der Waals surface area (Å²) in [5.41, 5.74) is 0.734. The van der Waals surface area contributed by atoms with E-state index in [1.165, 1.54) is 6.07 Å². The van der Waals surface area contributed by atoms with Gasteiger partial charge in [-0.2, -0.15) is 0 Å². The third-order valence-corrected chi connectivity index (χ3v) is 3.93. The number of rotatable bonds is 5. The molecule has 0 saturated carbocycles. The highest BCUT2D eigenvalue weighted by Crippen LogP contribution is 2.18. The maximum atomic E-state index is 12.4. The molecule has 27 heavy (non-hydrogen) atoms. The highest BCUT2D eigenvalue weighted by molar-refractivity contribution is 6.30. The van der Waals surface area contributed by atoms with Crippen molar-refractivity contribution >= 4 is 34.8 Å². The summed E-state index contributed by atoms with van der Waals surface area (Å²) < 4.78 is 6.28. The third-order valence-electron chi connectivity index (χ3n) is 3.71. The molecule has 0 bridgehead atoms. The number of imidazole rings is 1. The van der Waals surface area contributed by atoms with Crippen LogP contribution in [0, 0.1) is 10.1 Å². The fourth-order valence-corrected chi connectivity index (χ4v) is 2.63. The van der Waals surface area contributed by atoms with Gasteiger partial charge in [-0.1, -0.05) is 11.6 Å². The van der Waals surface area contributed by atoms with Crippen molar-refractivity contribution in [1.29, 1.82) is 0 Å². The lowest BCUT2D eigenvalue weighted by Crippen LogP contribution is -2.23. The topological polar surface area (TPSA) is 116 Å². The van der Waals surface area contributed by atoms with Crippen LogP contribution >= 0.6 is 11.6 Å². The predicted molar refractivity (Wildman–Crippen MR) is 95.8 cm³/mol. The lowest BCUT2D eigenvalue weighted by Gasteiger charge is -2.06. The molecule has 0 aliphatic rings. The molecule has 2 aromatic heterocycles. The lowest BCUT2D eigenvalue weighted by atomic mass is 10.1. The molecule has 1 aromatic carbocycles. The van der Waals surface area contributed by atoms with Gasteiger partial charge in [0.15, 0.2) is 0 Å². The number of amides is 1. The quantitative estimate of drug-likeness (QED) is 0.408. The second kappa shape index (κ2) is 7.42. The summed E-state index contributed by atoms with van der Waals surface area (Å²) in [6, 6.07) is 6.80. The number of pyridine rings is 1. The normalized spacial score (nSPS) is 10.6. The first-order valence-corrected chi connectivity index (χ1v) is 8.04. The van der Waals surface area contributed by atoms with Crippen LogP contribution in [0.5, 0.6) is 0 Å². The van der Waals surface area contributed by atoms with Crippen molar-refractivity contribution in [3.8, 4) is 0 Å². The number of ether oxygens (including phenoxy) is 1. The van der Waals surface area contributed by atoms with E-state index in [9.17, 15) is 19.7 Å². The molecule has 0 spiro atoms. The number of nitro benzene ring substituents is 1. The van der Waals surface area contributed by atoms with E-state index >= 15 is 0 Å². The molecule has 0 saturated heterocycles. The SMILES string of the molecule is COC(=O)c1cc(C(=O)NCc2cn3cc(Cl)ccc3n2)cc([N+](=O)[O-])c1. The molecule has 10 heteroatoms. The number of aromatic nitrogens is 2. The monoisotopic (exact) mass is 388 g/mol. The zero-order valence-electron chi connectivity index (χ0n) is 14.0. The average molecular weight is 389 g/mol. The molecule has 138 valence electrons. The summed E-state index contributed by atoms with van der Waals surface area (Å²) in [4.78, 5) is 38.7. The number of nitrogens with one attached hydrogen (secondary N) is 1. The largest absolute Gasteiger partial charge is 0.465 e. The van der Waals surface area contributed by atoms with E-state index in [0.717, 1.165) is 19.2 Å². The summed E-state index contributed by atoms with van der Waals surface area (Å²) in [6.07, 6.45) is 3.38. The number of carbonyl (C=O) groups is 2. The molecule has 1 amide bonds. The number of hydrogen-bond donors (Lipinski definition) is 1. The number of non-ortho nitro benzene ring substituents is 1. The second-order valence-electron chi connectivity index (χ2n) is 5.54. The van der Waals surface area contributed by atoms with Crippen LogP contribution in [0.4, 0.5) is 5.69 Å². The molecule has 0 atom stereocenters. The predicted octanol–water partition coefficient (Wildman–Crippen LogP) is 2.61. The Hall–Kier alpha value is -3.46. The molecule has 0 aliphatic carbocycles. The summed E-state index contributed by atoms with van der Waals surface area (Å²) in [5, 5.41) is 14.2. The number of halogens is 1. The Kier molecular flexibility index (Phi) is 5.04. The molecule has 3 rings (SSSR count). The molecule has 0 fully saturated rings. The summed E-state index contributed by atoms with van der Waals surface area (Å²) in [5.74, 6) is -1.36. The first-order valence-electron chi connectivity index (χ1n) is 7.66. The van der Waals surface area contributed by atoms with Crippen molar-refractivity contribution in [2.24, 2.45) is 0 Å². The van der Waals surface area contributed by atoms with Gasteiger partial charge in [-0.15, -0.1) is 0 Å². The zero-order valence-corrected chi connectivity index (χ0v) is 14.8. The van der Waals surface area contributed by atoms with E-state index in [2.05, 4.69) is 15.0 Å². The van der Waals surface area contributed by atoms with Crippen LogP contribution in [0.15, 0.2) is 42.7 Å². The van der Waals surface area contributed by atoms with E-state index < -0.39 is 16.8 Å². The molecule has 9 nitrogen and oxygen atoms in total. The van der Waals surface area contributed by atoms with Gasteiger partial charge < -0.3 is 14.5 Å². The van der Waals surface area contributed by atoms with Crippen molar-refractivity contribution < 1.29 is 19.2 Å². The van der Waals surface area contributed by atoms with Gasteiger partial charge in [-0.05, 0) is 18.2 Å². The Morgan fingerprint density at radius 3 is 2.70 bits per heavy atom. The molecule has 2 heterocycles. The minimum Gasteiger partial charge on any atom is -0.465 e. The zero-order chi connectivity index (χ0) is 19.6. The van der Waals surface area contributed by atoms with E-state index in [4.69, 9.17) is 11.6 Å². The van der Waals surface area contributed by atoms with Gasteiger partial charge in [0.25, 0.3) is 11.6 Å². The van der Waals surface area contributed by atoms with Gasteiger partial charge in [-0.25, -0.2) is 9.78 Å². The Labute approximate surface area is 157 Å². The van der Waals surface area contributed by atoms with E-state index in [0.29, 0.717) is 16.4 Å². The Bertz CT molecular complexity index is 1060. The number of esters is 1. The number of fused-ring (bicyclic) bond motifs is 1. The summed E-state index contributed by atoms with van der Waals surface area (Å²) in [7, 11) is 1.15. The van der Waals surface area contributed by atoms with Crippen molar-refractivity contribution in [2.75, 3.05) is 7.11 Å². The van der Waals surface area contributed by atoms with Gasteiger partial charge in [0, 0.05) is 30.1 Å². The van der Waals surface area contributed by atoms with Gasteiger partial charge in [0.1, 0.15) is 5.65 Å². The smallest absolute Gasteiger partial charge is 0.338 e. The molecule has 0 radical (unpaired) electrons. The van der Waals surface area contributed by atoms with E-state index in [1.54, 1.807) is 28.9 Å². The number of benzene rings is 1. The van der Waals surface area contributed by atoms with Crippen LogP contribution in [0.1, 0.15) is 26.4 Å². The first-order chi connectivity index (χ1) is 12.9. The summed E-state index contributed by atoms with van der Waals surface area (Å²) >= 11 is 5.92. The Morgan fingerprint density at radius 1 is 1.26 bits per heavy atom. The van der Waals surface area contributed by atoms with Crippen LogP contribution < -0.4 is 5.32 Å². The number of nitro groups is 1. The molecular formula is C17H13ClN4O5. The van der Waals surface area contributed by atoms with Gasteiger partial charge in [0.2, 0.25) is 0 Å².